The van der Waals surface area contributed by atoms with Crippen molar-refractivity contribution in [1.29, 1.82) is 0 Å². The standard InChI is InChI=1S/C44H55IO7/c1-8-43(5)38(51-27-32-15-11-9-12-16-32)22-20-35(29-50-30-49-26-34-19-21-36(47-6)37(25-34)48-7)39(43)41(46)44(52-28-33-17-13-10-14-18-33)24-23-31(2)40(45)42(44,3)4/h8-19,21,25,35,38-39H,1,20,22-24,26-30H2,2-7H3/t35-,38-,39-,43+,44+/m0/s1. The fourth-order valence-electron chi connectivity index (χ4n) is 8.19. The normalized spacial score (nSPS) is 25.8. The van der Waals surface area contributed by atoms with Gasteiger partial charge in [-0.25, -0.2) is 0 Å². The monoisotopic (exact) mass is 822 g/mol. The number of hydrogen-bond donors (Lipinski definition) is 0. The van der Waals surface area contributed by atoms with Gasteiger partial charge in [-0.2, -0.15) is 0 Å². The molecule has 3 aromatic carbocycles. The van der Waals surface area contributed by atoms with Gasteiger partial charge in [0.2, 0.25) is 0 Å². The van der Waals surface area contributed by atoms with Gasteiger partial charge in [-0.3, -0.25) is 4.79 Å². The summed E-state index contributed by atoms with van der Waals surface area (Å²) in [5, 5.41) is 0. The molecule has 280 valence electrons. The number of rotatable bonds is 17. The van der Waals surface area contributed by atoms with Crippen LogP contribution in [0.25, 0.3) is 0 Å². The van der Waals surface area contributed by atoms with Crippen LogP contribution in [0.4, 0.5) is 0 Å². The van der Waals surface area contributed by atoms with Crippen LogP contribution in [0, 0.1) is 22.7 Å². The summed E-state index contributed by atoms with van der Waals surface area (Å²) in [6.07, 6.45) is 4.67. The summed E-state index contributed by atoms with van der Waals surface area (Å²) in [5.74, 6) is 0.844. The predicted molar refractivity (Wildman–Crippen MR) is 213 cm³/mol. The van der Waals surface area contributed by atoms with E-state index in [1.165, 1.54) is 9.15 Å². The van der Waals surface area contributed by atoms with Gasteiger partial charge in [0, 0.05) is 16.7 Å². The molecular formula is C44H55IO7. The Morgan fingerprint density at radius 2 is 1.50 bits per heavy atom. The molecule has 7 nitrogen and oxygen atoms in total. The number of benzene rings is 3. The number of carbonyl (C=O) groups excluding carboxylic acids is 1. The Balaban J connectivity index is 1.43. The van der Waals surface area contributed by atoms with E-state index in [0.29, 0.717) is 44.3 Å². The van der Waals surface area contributed by atoms with Gasteiger partial charge < -0.3 is 28.4 Å². The molecule has 0 aromatic heterocycles. The first kappa shape index (κ1) is 40.2. The third-order valence-electron chi connectivity index (χ3n) is 11.4. The number of methoxy groups -OCH3 is 2. The molecule has 0 aliphatic heterocycles. The van der Waals surface area contributed by atoms with Crippen LogP contribution < -0.4 is 9.47 Å². The highest BCUT2D eigenvalue weighted by Gasteiger charge is 2.62. The van der Waals surface area contributed by atoms with Crippen LogP contribution in [-0.4, -0.2) is 45.1 Å². The van der Waals surface area contributed by atoms with Crippen molar-refractivity contribution in [3.8, 4) is 11.5 Å². The summed E-state index contributed by atoms with van der Waals surface area (Å²) in [5.41, 5.74) is 2.08. The Bertz CT molecular complexity index is 1670. The zero-order chi connectivity index (χ0) is 37.4. The lowest BCUT2D eigenvalue weighted by atomic mass is 9.53. The average Bonchev–Trinajstić information content (AvgIpc) is 3.16. The van der Waals surface area contributed by atoms with E-state index in [9.17, 15) is 0 Å². The maximum atomic E-state index is 15.8. The van der Waals surface area contributed by atoms with Crippen molar-refractivity contribution in [2.45, 2.75) is 84.9 Å². The zero-order valence-corrected chi connectivity index (χ0v) is 33.8. The van der Waals surface area contributed by atoms with Gasteiger partial charge in [0.05, 0.1) is 46.8 Å². The molecule has 0 amide bonds. The molecule has 0 saturated heterocycles. The number of halogens is 1. The van der Waals surface area contributed by atoms with Crippen LogP contribution in [0.15, 0.2) is 101 Å². The van der Waals surface area contributed by atoms with Gasteiger partial charge in [-0.1, -0.05) is 99.2 Å². The second-order valence-corrected chi connectivity index (χ2v) is 16.0. The van der Waals surface area contributed by atoms with Crippen molar-refractivity contribution in [3.05, 3.63) is 117 Å². The van der Waals surface area contributed by atoms with Crippen LogP contribution in [0.2, 0.25) is 0 Å². The molecule has 2 aliphatic carbocycles. The molecular weight excluding hydrogens is 767 g/mol. The largest absolute Gasteiger partial charge is 0.493 e. The summed E-state index contributed by atoms with van der Waals surface area (Å²) in [6, 6.07) is 26.0. The van der Waals surface area contributed by atoms with E-state index in [2.05, 4.69) is 81.1 Å². The maximum Gasteiger partial charge on any atom is 0.169 e. The van der Waals surface area contributed by atoms with E-state index < -0.39 is 22.3 Å². The first-order chi connectivity index (χ1) is 25.0. The molecule has 2 aliphatic rings. The molecule has 0 heterocycles. The summed E-state index contributed by atoms with van der Waals surface area (Å²) in [4.78, 5) is 15.8. The van der Waals surface area contributed by atoms with E-state index in [4.69, 9.17) is 28.4 Å². The highest BCUT2D eigenvalue weighted by atomic mass is 127. The average molecular weight is 823 g/mol. The van der Waals surface area contributed by atoms with Crippen LogP contribution in [0.1, 0.15) is 70.1 Å². The Morgan fingerprint density at radius 1 is 0.846 bits per heavy atom. The molecule has 0 radical (unpaired) electrons. The van der Waals surface area contributed by atoms with Gasteiger partial charge in [-0.05, 0) is 93.5 Å². The Morgan fingerprint density at radius 3 is 2.13 bits per heavy atom. The van der Waals surface area contributed by atoms with Gasteiger partial charge in [0.15, 0.2) is 17.3 Å². The van der Waals surface area contributed by atoms with Gasteiger partial charge in [-0.15, -0.1) is 6.58 Å². The first-order valence-corrected chi connectivity index (χ1v) is 19.3. The van der Waals surface area contributed by atoms with E-state index in [-0.39, 0.29) is 24.6 Å². The lowest BCUT2D eigenvalue weighted by molar-refractivity contribution is -0.187. The number of carbonyl (C=O) groups is 1. The molecule has 0 unspecified atom stereocenters. The summed E-state index contributed by atoms with van der Waals surface area (Å²) in [6.45, 7) is 14.6. The Hall–Kier alpha value is -3.02. The number of ether oxygens (including phenoxy) is 6. The van der Waals surface area contributed by atoms with Gasteiger partial charge in [0.25, 0.3) is 0 Å². The fourth-order valence-corrected chi connectivity index (χ4v) is 8.90. The summed E-state index contributed by atoms with van der Waals surface area (Å²) >= 11 is 2.45. The minimum absolute atomic E-state index is 0.0888. The van der Waals surface area contributed by atoms with Crippen molar-refractivity contribution in [2.75, 3.05) is 27.6 Å². The third-order valence-corrected chi connectivity index (χ3v) is 13.6. The minimum Gasteiger partial charge on any atom is -0.493 e. The quantitative estimate of drug-likeness (QED) is 0.0581. The number of hydrogen-bond acceptors (Lipinski definition) is 7. The zero-order valence-electron chi connectivity index (χ0n) is 31.6. The SMILES string of the molecule is C=C[C@]1(C)[C@@H](OCc2ccccc2)CC[C@@H](COCOCc2ccc(OC)c(OC)c2)[C@H]1C(=O)[C@]1(OCc2ccccc2)CCC(C)=C(I)C1(C)C. The number of allylic oxidation sites excluding steroid dienone is 1. The smallest absolute Gasteiger partial charge is 0.169 e. The molecule has 0 bridgehead atoms. The summed E-state index contributed by atoms with van der Waals surface area (Å²) < 4.78 is 38.0. The lowest BCUT2D eigenvalue weighted by Crippen LogP contribution is -2.63. The van der Waals surface area contributed by atoms with Crippen molar-refractivity contribution >= 4 is 28.4 Å². The molecule has 1 fully saturated rings. The molecule has 5 atom stereocenters. The van der Waals surface area contributed by atoms with Crippen LogP contribution in [0.5, 0.6) is 11.5 Å². The lowest BCUT2D eigenvalue weighted by Gasteiger charge is -2.55. The molecule has 0 N–H and O–H groups in total. The van der Waals surface area contributed by atoms with Gasteiger partial charge >= 0.3 is 0 Å². The Labute approximate surface area is 324 Å². The fraction of sp³-hybridized carbons (Fsp3) is 0.477. The molecule has 8 heteroatoms. The number of ketones is 1. The van der Waals surface area contributed by atoms with Crippen molar-refractivity contribution in [2.24, 2.45) is 22.7 Å². The first-order valence-electron chi connectivity index (χ1n) is 18.2. The molecule has 5 rings (SSSR count). The van der Waals surface area contributed by atoms with E-state index in [1.54, 1.807) is 14.2 Å². The number of Topliss-reactive ketones (excluding diaryl/α,β-unsaturated/α-hetero) is 1. The topological polar surface area (TPSA) is 72.5 Å². The molecule has 3 aromatic rings. The van der Waals surface area contributed by atoms with Crippen molar-refractivity contribution in [3.63, 3.8) is 0 Å². The predicted octanol–water partition coefficient (Wildman–Crippen LogP) is 10.1. The molecule has 1 saturated carbocycles. The maximum absolute atomic E-state index is 15.8. The molecule has 52 heavy (non-hydrogen) atoms. The minimum atomic E-state index is -1.07. The van der Waals surface area contributed by atoms with Crippen molar-refractivity contribution < 1.29 is 33.2 Å². The second kappa shape index (κ2) is 17.9. The van der Waals surface area contributed by atoms with Crippen molar-refractivity contribution in [1.82, 2.24) is 0 Å². The second-order valence-electron chi connectivity index (χ2n) is 14.9. The highest BCUT2D eigenvalue weighted by molar-refractivity contribution is 14.1. The highest BCUT2D eigenvalue weighted by Crippen LogP contribution is 2.57. The molecule has 0 spiro atoms. The third kappa shape index (κ3) is 8.52. The van der Waals surface area contributed by atoms with Crippen LogP contribution >= 0.6 is 22.6 Å². The van der Waals surface area contributed by atoms with E-state index in [0.717, 1.165) is 36.0 Å². The van der Waals surface area contributed by atoms with Gasteiger partial charge in [0.1, 0.15) is 12.4 Å². The summed E-state index contributed by atoms with van der Waals surface area (Å²) in [7, 11) is 3.23. The van der Waals surface area contributed by atoms with E-state index >= 15 is 4.79 Å². The van der Waals surface area contributed by atoms with E-state index in [1.807, 2.05) is 60.7 Å². The van der Waals surface area contributed by atoms with Crippen LogP contribution in [0.3, 0.4) is 0 Å². The Kier molecular flexibility index (Phi) is 13.8. The van der Waals surface area contributed by atoms with Crippen LogP contribution in [-0.2, 0) is 43.6 Å².